The van der Waals surface area contributed by atoms with E-state index in [4.69, 9.17) is 9.97 Å². The third-order valence-electron chi connectivity index (χ3n) is 21.9. The van der Waals surface area contributed by atoms with E-state index >= 15 is 0 Å². The van der Waals surface area contributed by atoms with E-state index in [1.54, 1.807) is 0 Å². The molecule has 0 saturated carbocycles. The Morgan fingerprint density at radius 3 is 1.57 bits per heavy atom. The highest BCUT2D eigenvalue weighted by atomic mass is 15.2. The Morgan fingerprint density at radius 1 is 0.375 bits per heavy atom. The molecule has 452 valence electrons. The molecular formula is C92H64N4. The van der Waals surface area contributed by atoms with Gasteiger partial charge in [-0.05, 0) is 203 Å². The first-order chi connectivity index (χ1) is 47.3. The van der Waals surface area contributed by atoms with Gasteiger partial charge in [-0.15, -0.1) is 0 Å². The lowest BCUT2D eigenvalue weighted by molar-refractivity contribution is 0.661. The molecule has 0 aliphatic heterocycles. The topological polar surface area (TPSA) is 35.6 Å². The Kier molecular flexibility index (Phi) is 11.9. The van der Waals surface area contributed by atoms with E-state index in [0.717, 1.165) is 69.4 Å². The van der Waals surface area contributed by atoms with E-state index in [0.29, 0.717) is 5.95 Å². The fourth-order valence-electron chi connectivity index (χ4n) is 17.5. The summed E-state index contributed by atoms with van der Waals surface area (Å²) < 4.78 is 4.99. The predicted octanol–water partition coefficient (Wildman–Crippen LogP) is 23.3. The number of rotatable bonds is 8. The van der Waals surface area contributed by atoms with Crippen LogP contribution < -0.4 is 0 Å². The van der Waals surface area contributed by atoms with Crippen molar-refractivity contribution in [2.45, 2.75) is 49.9 Å². The molecule has 4 nitrogen and oxygen atoms in total. The number of allylic oxidation sites excluding steroid dienone is 8. The van der Waals surface area contributed by atoms with Crippen LogP contribution in [0.25, 0.3) is 139 Å². The van der Waals surface area contributed by atoms with E-state index in [9.17, 15) is 0 Å². The molecule has 3 heterocycles. The molecule has 20 rings (SSSR count). The fraction of sp³-hybridized carbons (Fsp3) is 0.0870. The molecule has 5 aliphatic rings. The summed E-state index contributed by atoms with van der Waals surface area (Å²) in [6.07, 6.45) is 18.4. The van der Waals surface area contributed by atoms with Gasteiger partial charge in [-0.25, -0.2) is 9.97 Å². The minimum absolute atomic E-state index is 0.113. The summed E-state index contributed by atoms with van der Waals surface area (Å²) >= 11 is 0. The fourth-order valence-corrected chi connectivity index (χ4v) is 17.5. The summed E-state index contributed by atoms with van der Waals surface area (Å²) in [5, 5.41) is 4.78. The highest BCUT2D eigenvalue weighted by molar-refractivity contribution is 6.17. The molecule has 15 aromatic rings. The molecule has 4 heteroatoms. The van der Waals surface area contributed by atoms with Gasteiger partial charge >= 0.3 is 0 Å². The lowest BCUT2D eigenvalue weighted by Gasteiger charge is -2.31. The lowest BCUT2D eigenvalue weighted by atomic mass is 9.70. The van der Waals surface area contributed by atoms with Crippen LogP contribution in [0.5, 0.6) is 0 Å². The Bertz CT molecular complexity index is 5840. The van der Waals surface area contributed by atoms with Crippen molar-refractivity contribution in [3.8, 4) is 89.5 Å². The second kappa shape index (κ2) is 20.9. The summed E-state index contributed by atoms with van der Waals surface area (Å²) in [7, 11) is 0. The Hall–Kier alpha value is -11.7. The minimum atomic E-state index is -0.617. The van der Waals surface area contributed by atoms with Crippen molar-refractivity contribution < 1.29 is 0 Å². The van der Waals surface area contributed by atoms with Crippen LogP contribution in [0.4, 0.5) is 0 Å². The van der Waals surface area contributed by atoms with Gasteiger partial charge in [0.2, 0.25) is 5.95 Å². The van der Waals surface area contributed by atoms with Gasteiger partial charge < -0.3 is 4.57 Å². The maximum atomic E-state index is 5.77. The maximum absolute atomic E-state index is 5.77. The molecule has 96 heavy (non-hydrogen) atoms. The Morgan fingerprint density at radius 2 is 0.938 bits per heavy atom. The van der Waals surface area contributed by atoms with Gasteiger partial charge in [0.25, 0.3) is 0 Å². The third-order valence-corrected chi connectivity index (χ3v) is 21.9. The predicted molar refractivity (Wildman–Crippen MR) is 398 cm³/mol. The van der Waals surface area contributed by atoms with Crippen molar-refractivity contribution in [3.63, 3.8) is 0 Å². The van der Waals surface area contributed by atoms with Crippen LogP contribution in [0.2, 0.25) is 0 Å². The normalized spacial score (nSPS) is 15.7. The summed E-state index contributed by atoms with van der Waals surface area (Å²) in [6.45, 7) is 4.79. The number of aromatic nitrogens is 4. The van der Waals surface area contributed by atoms with Crippen molar-refractivity contribution >= 4 is 49.2 Å². The van der Waals surface area contributed by atoms with E-state index in [1.165, 1.54) is 127 Å². The van der Waals surface area contributed by atoms with E-state index < -0.39 is 5.41 Å². The van der Waals surface area contributed by atoms with E-state index in [-0.39, 0.29) is 11.3 Å². The van der Waals surface area contributed by atoms with Gasteiger partial charge in [0.15, 0.2) is 0 Å². The van der Waals surface area contributed by atoms with Crippen molar-refractivity contribution in [2.24, 2.45) is 0 Å². The molecule has 1 spiro atoms. The molecule has 3 aromatic heterocycles. The van der Waals surface area contributed by atoms with Gasteiger partial charge in [-0.2, -0.15) is 0 Å². The molecule has 0 saturated heterocycles. The highest BCUT2D eigenvalue weighted by Crippen LogP contribution is 2.65. The van der Waals surface area contributed by atoms with E-state index in [1.807, 2.05) is 0 Å². The zero-order chi connectivity index (χ0) is 63.4. The lowest BCUT2D eigenvalue weighted by Crippen LogP contribution is -2.26. The molecule has 0 radical (unpaired) electrons. The standard InChI is InChI=1S/C92H64N4/c1-91(2)78-38-19-15-37-71(78)74-54-77-76-53-63(42-46-85(76)95(87(77)55-82(74)91)67-33-23-32-61(51-67)66-49-64(57-24-7-3-8-25-57)48-65(50-66)58-26-9-4-10-27-58)62-43-47-86-75(52-62)73-45-44-72-70-36-18-22-41-81(70)92(79-39-20-16-34-68(79)69-35-17-21-40-80(69)92)88(72)89(73)96(86)90-93-83(59-28-11-5-12-29-59)56-84(94-90)60-30-13-6-14-31-60/h3-13,15-28,30,32-56,59H,14,29,31H2,1-2H3. The number of benzene rings is 12. The van der Waals surface area contributed by atoms with Crippen LogP contribution in [-0.4, -0.2) is 19.1 Å². The molecule has 5 aliphatic carbocycles. The quantitative estimate of drug-likeness (QED) is 0.152. The van der Waals surface area contributed by atoms with Crippen LogP contribution >= 0.6 is 0 Å². The largest absolute Gasteiger partial charge is 0.309 e. The van der Waals surface area contributed by atoms with Crippen molar-refractivity contribution in [2.75, 3.05) is 0 Å². The third kappa shape index (κ3) is 7.96. The Balaban J connectivity index is 0.827. The first-order valence-corrected chi connectivity index (χ1v) is 33.9. The molecule has 12 aromatic carbocycles. The van der Waals surface area contributed by atoms with Gasteiger partial charge in [-0.1, -0.05) is 251 Å². The second-order valence-corrected chi connectivity index (χ2v) is 27.4. The minimum Gasteiger partial charge on any atom is -0.309 e. The van der Waals surface area contributed by atoms with Crippen molar-refractivity contribution in [1.29, 1.82) is 0 Å². The highest BCUT2D eigenvalue weighted by Gasteiger charge is 2.53. The van der Waals surface area contributed by atoms with Gasteiger partial charge in [0.05, 0.1) is 38.9 Å². The average Bonchev–Trinajstić information content (AvgIpc) is 1.50. The number of nitrogens with zero attached hydrogens (tertiary/aromatic N) is 4. The molecule has 0 N–H and O–H groups in total. The Labute approximate surface area is 558 Å². The average molecular weight is 1230 g/mol. The molecule has 1 atom stereocenters. The smallest absolute Gasteiger partial charge is 0.235 e. The molecular weight excluding hydrogens is 1160 g/mol. The number of fused-ring (bicyclic) bond motifs is 20. The summed E-state index contributed by atoms with van der Waals surface area (Å²) in [5.74, 6) is 0.811. The summed E-state index contributed by atoms with van der Waals surface area (Å²) in [6, 6.07) is 101. The van der Waals surface area contributed by atoms with Crippen LogP contribution in [0.15, 0.2) is 309 Å². The SMILES string of the molecule is CC1(C)c2ccccc2-c2cc3c4cc(-c5ccc6c(c5)c5ccc7c(c5n6-c5nc(C6=CC=CCC6)cc(C6C=CC=CC6)n5)C5(c6ccccc6-c6ccccc65)c5ccccc5-7)ccc4n(-c4cccc(-c5cc(-c6ccccc6)cc(-c6ccccc6)c5)c4)c3cc21. The molecule has 0 bridgehead atoms. The van der Waals surface area contributed by atoms with Gasteiger partial charge in [0, 0.05) is 44.1 Å². The maximum Gasteiger partial charge on any atom is 0.235 e. The summed E-state index contributed by atoms with van der Waals surface area (Å²) in [5.41, 5.74) is 33.2. The van der Waals surface area contributed by atoms with Crippen molar-refractivity contribution in [1.82, 2.24) is 19.1 Å². The second-order valence-electron chi connectivity index (χ2n) is 27.4. The van der Waals surface area contributed by atoms with Gasteiger partial charge in [-0.3, -0.25) is 4.57 Å². The molecule has 0 fully saturated rings. The van der Waals surface area contributed by atoms with Gasteiger partial charge in [0.1, 0.15) is 0 Å². The van der Waals surface area contributed by atoms with Crippen molar-refractivity contribution in [3.05, 3.63) is 354 Å². The number of hydrogen-bond donors (Lipinski definition) is 0. The molecule has 1 unspecified atom stereocenters. The first-order valence-electron chi connectivity index (χ1n) is 33.9. The van der Waals surface area contributed by atoms with Crippen LogP contribution in [0, 0.1) is 0 Å². The zero-order valence-electron chi connectivity index (χ0n) is 53.4. The van der Waals surface area contributed by atoms with E-state index in [2.05, 4.69) is 332 Å². The zero-order valence-corrected chi connectivity index (χ0v) is 53.4. The monoisotopic (exact) mass is 1220 g/mol. The summed E-state index contributed by atoms with van der Waals surface area (Å²) in [4.78, 5) is 11.5. The van der Waals surface area contributed by atoms with Crippen LogP contribution in [0.3, 0.4) is 0 Å². The van der Waals surface area contributed by atoms with Crippen LogP contribution in [-0.2, 0) is 10.8 Å². The number of hydrogen-bond acceptors (Lipinski definition) is 2. The first kappa shape index (κ1) is 54.8. The molecule has 0 amide bonds. The van der Waals surface area contributed by atoms with Crippen LogP contribution in [0.1, 0.15) is 83.8 Å².